The quantitative estimate of drug-likeness (QED) is 0.234. The number of carbonyl (C=O) groups excluding carboxylic acids is 2. The highest BCUT2D eigenvalue weighted by Gasteiger charge is 2.12. The van der Waals surface area contributed by atoms with Crippen molar-refractivity contribution in [1.29, 1.82) is 0 Å². The summed E-state index contributed by atoms with van der Waals surface area (Å²) in [5, 5.41) is 3.52. The number of thioether (sulfide) groups is 1. The van der Waals surface area contributed by atoms with Crippen molar-refractivity contribution in [2.24, 2.45) is 0 Å². The van der Waals surface area contributed by atoms with Gasteiger partial charge in [-0.3, -0.25) is 9.59 Å². The normalized spacial score (nSPS) is 10.9. The predicted octanol–water partition coefficient (Wildman–Crippen LogP) is 6.97. The van der Waals surface area contributed by atoms with Gasteiger partial charge in [-0.25, -0.2) is 9.37 Å². The lowest BCUT2D eigenvalue weighted by Crippen LogP contribution is -2.11. The highest BCUT2D eigenvalue weighted by Crippen LogP contribution is 2.32. The van der Waals surface area contributed by atoms with Gasteiger partial charge < -0.3 is 5.32 Å². The van der Waals surface area contributed by atoms with Crippen molar-refractivity contribution >= 4 is 73.9 Å². The van der Waals surface area contributed by atoms with Gasteiger partial charge in [0.2, 0.25) is 0 Å². The second kappa shape index (κ2) is 9.36. The van der Waals surface area contributed by atoms with Gasteiger partial charge in [0.1, 0.15) is 5.82 Å². The Bertz CT molecular complexity index is 1290. The summed E-state index contributed by atoms with van der Waals surface area (Å²) in [4.78, 5) is 29.2. The largest absolute Gasteiger partial charge is 0.322 e. The Morgan fingerprint density at radius 1 is 0.968 bits per heavy atom. The molecular weight excluding hydrogens is 478 g/mol. The van der Waals surface area contributed by atoms with E-state index >= 15 is 0 Å². The Balaban J connectivity index is 1.44. The second-order valence-electron chi connectivity index (χ2n) is 6.46. The SMILES string of the molecule is O=C(CSc1nc2ccc(NC(=O)c3ccc(Cl)c(Cl)c3)cc2s1)c1ccc(F)cc1. The number of hydrogen-bond acceptors (Lipinski definition) is 5. The molecule has 1 N–H and O–H groups in total. The molecule has 0 fully saturated rings. The van der Waals surface area contributed by atoms with E-state index < -0.39 is 0 Å². The number of aromatic nitrogens is 1. The summed E-state index contributed by atoms with van der Waals surface area (Å²) in [6, 6.07) is 15.6. The number of anilines is 1. The molecule has 156 valence electrons. The molecule has 3 aromatic carbocycles. The zero-order valence-corrected chi connectivity index (χ0v) is 18.8. The first-order valence-electron chi connectivity index (χ1n) is 8.97. The third-order valence-corrected chi connectivity index (χ3v) is 7.20. The van der Waals surface area contributed by atoms with Crippen LogP contribution < -0.4 is 5.32 Å². The maximum absolute atomic E-state index is 13.0. The van der Waals surface area contributed by atoms with E-state index in [4.69, 9.17) is 23.2 Å². The van der Waals surface area contributed by atoms with Crippen LogP contribution in [0.3, 0.4) is 0 Å². The Labute approximate surface area is 195 Å². The number of nitrogens with one attached hydrogen (secondary N) is 1. The van der Waals surface area contributed by atoms with Crippen molar-refractivity contribution in [3.8, 4) is 0 Å². The van der Waals surface area contributed by atoms with Crippen LogP contribution in [0.1, 0.15) is 20.7 Å². The number of rotatable bonds is 6. The standard InChI is InChI=1S/C22H13Cl2FN2O2S2/c23-16-7-3-13(9-17(16)24)21(29)26-15-6-8-18-20(10-15)31-22(27-18)30-11-19(28)12-1-4-14(25)5-2-12/h1-10H,11H2,(H,26,29). The number of carbonyl (C=O) groups is 2. The fourth-order valence-electron chi connectivity index (χ4n) is 2.73. The molecule has 0 aliphatic heterocycles. The van der Waals surface area contributed by atoms with Crippen LogP contribution >= 0.6 is 46.3 Å². The lowest BCUT2D eigenvalue weighted by atomic mass is 10.1. The molecule has 4 nitrogen and oxygen atoms in total. The molecule has 4 rings (SSSR count). The van der Waals surface area contributed by atoms with E-state index in [-0.39, 0.29) is 23.3 Å². The molecule has 0 aliphatic rings. The maximum Gasteiger partial charge on any atom is 0.255 e. The topological polar surface area (TPSA) is 59.1 Å². The van der Waals surface area contributed by atoms with Gasteiger partial charge in [-0.05, 0) is 60.7 Å². The van der Waals surface area contributed by atoms with E-state index in [9.17, 15) is 14.0 Å². The zero-order chi connectivity index (χ0) is 22.0. The first kappa shape index (κ1) is 21.8. The lowest BCUT2D eigenvalue weighted by molar-refractivity contribution is 0.101. The Hall–Kier alpha value is -2.45. The van der Waals surface area contributed by atoms with Crippen molar-refractivity contribution in [2.75, 3.05) is 11.1 Å². The van der Waals surface area contributed by atoms with Crippen LogP contribution in [0, 0.1) is 5.82 Å². The monoisotopic (exact) mass is 490 g/mol. The van der Waals surface area contributed by atoms with Gasteiger partial charge in [-0.15, -0.1) is 11.3 Å². The Morgan fingerprint density at radius 3 is 2.45 bits per heavy atom. The van der Waals surface area contributed by atoms with Crippen LogP contribution in [-0.4, -0.2) is 22.4 Å². The number of thiazole rings is 1. The summed E-state index contributed by atoms with van der Waals surface area (Å²) in [5.74, 6) is -0.579. The molecule has 0 spiro atoms. The molecule has 0 bridgehead atoms. The van der Waals surface area contributed by atoms with E-state index in [0.29, 0.717) is 26.9 Å². The lowest BCUT2D eigenvalue weighted by Gasteiger charge is -2.06. The minimum atomic E-state index is -0.377. The molecule has 0 unspecified atom stereocenters. The number of amides is 1. The molecule has 0 saturated carbocycles. The van der Waals surface area contributed by atoms with Crippen LogP contribution in [0.25, 0.3) is 10.2 Å². The number of ketones is 1. The van der Waals surface area contributed by atoms with E-state index in [1.54, 1.807) is 18.2 Å². The first-order chi connectivity index (χ1) is 14.9. The molecule has 1 amide bonds. The van der Waals surface area contributed by atoms with Gasteiger partial charge in [0.25, 0.3) is 5.91 Å². The van der Waals surface area contributed by atoms with Crippen molar-refractivity contribution in [1.82, 2.24) is 4.98 Å². The van der Waals surface area contributed by atoms with Crippen LogP contribution in [0.15, 0.2) is 65.0 Å². The smallest absolute Gasteiger partial charge is 0.255 e. The van der Waals surface area contributed by atoms with Crippen molar-refractivity contribution in [3.05, 3.63) is 87.7 Å². The zero-order valence-electron chi connectivity index (χ0n) is 15.7. The molecule has 0 radical (unpaired) electrons. The number of nitrogens with zero attached hydrogens (tertiary/aromatic N) is 1. The number of halogens is 3. The minimum absolute atomic E-state index is 0.0983. The van der Waals surface area contributed by atoms with Crippen molar-refractivity contribution < 1.29 is 14.0 Å². The fourth-order valence-corrected chi connectivity index (χ4v) is 5.03. The molecule has 1 aromatic heterocycles. The van der Waals surface area contributed by atoms with E-state index in [1.807, 2.05) is 12.1 Å². The molecule has 31 heavy (non-hydrogen) atoms. The summed E-state index contributed by atoms with van der Waals surface area (Å²) in [6.07, 6.45) is 0. The average Bonchev–Trinajstić information content (AvgIpc) is 3.16. The van der Waals surface area contributed by atoms with E-state index in [0.717, 1.165) is 14.6 Å². The number of hydrogen-bond donors (Lipinski definition) is 1. The van der Waals surface area contributed by atoms with Crippen molar-refractivity contribution in [3.63, 3.8) is 0 Å². The summed E-state index contributed by atoms with van der Waals surface area (Å²) in [6.45, 7) is 0. The summed E-state index contributed by atoms with van der Waals surface area (Å²) < 4.78 is 14.6. The molecular formula is C22H13Cl2FN2O2S2. The van der Waals surface area contributed by atoms with Gasteiger partial charge in [0.15, 0.2) is 10.1 Å². The van der Waals surface area contributed by atoms with E-state index in [1.165, 1.54) is 53.4 Å². The summed E-state index contributed by atoms with van der Waals surface area (Å²) >= 11 is 14.6. The highest BCUT2D eigenvalue weighted by atomic mass is 35.5. The van der Waals surface area contributed by atoms with Gasteiger partial charge in [0, 0.05) is 16.8 Å². The Kier molecular flexibility index (Phi) is 6.57. The summed E-state index contributed by atoms with van der Waals surface area (Å²) in [5.41, 5.74) is 2.25. The predicted molar refractivity (Wildman–Crippen MR) is 125 cm³/mol. The Morgan fingerprint density at radius 2 is 1.71 bits per heavy atom. The third-order valence-electron chi connectivity index (χ3n) is 4.30. The van der Waals surface area contributed by atoms with Crippen LogP contribution in [0.4, 0.5) is 10.1 Å². The first-order valence-corrected chi connectivity index (χ1v) is 11.5. The minimum Gasteiger partial charge on any atom is -0.322 e. The number of benzene rings is 3. The highest BCUT2D eigenvalue weighted by molar-refractivity contribution is 8.01. The molecule has 0 atom stereocenters. The van der Waals surface area contributed by atoms with Gasteiger partial charge in [0.05, 0.1) is 26.0 Å². The van der Waals surface area contributed by atoms with Gasteiger partial charge in [-0.2, -0.15) is 0 Å². The van der Waals surface area contributed by atoms with Crippen LogP contribution in [0.2, 0.25) is 10.0 Å². The third kappa shape index (κ3) is 5.25. The van der Waals surface area contributed by atoms with Gasteiger partial charge in [-0.1, -0.05) is 35.0 Å². The molecule has 0 saturated heterocycles. The number of Topliss-reactive ketones (excluding diaryl/α,β-unsaturated/α-hetero) is 1. The van der Waals surface area contributed by atoms with E-state index in [2.05, 4.69) is 10.3 Å². The fraction of sp³-hybridized carbons (Fsp3) is 0.0455. The maximum atomic E-state index is 13.0. The molecule has 1 heterocycles. The molecule has 9 heteroatoms. The number of fused-ring (bicyclic) bond motifs is 1. The molecule has 0 aliphatic carbocycles. The van der Waals surface area contributed by atoms with Crippen molar-refractivity contribution in [2.45, 2.75) is 4.34 Å². The van der Waals surface area contributed by atoms with Gasteiger partial charge >= 0.3 is 0 Å². The average molecular weight is 491 g/mol. The second-order valence-corrected chi connectivity index (χ2v) is 9.53. The van der Waals surface area contributed by atoms with Crippen LogP contribution in [-0.2, 0) is 0 Å². The van der Waals surface area contributed by atoms with Crippen LogP contribution in [0.5, 0.6) is 0 Å². The molecule has 4 aromatic rings. The summed E-state index contributed by atoms with van der Waals surface area (Å²) in [7, 11) is 0.